The van der Waals surface area contributed by atoms with Gasteiger partial charge in [-0.25, -0.2) is 0 Å². The van der Waals surface area contributed by atoms with Crippen LogP contribution >= 0.6 is 0 Å². The predicted octanol–water partition coefficient (Wildman–Crippen LogP) is -0.145. The van der Waals surface area contributed by atoms with Crippen LogP contribution in [0, 0.1) is 5.92 Å². The number of hydrogen-bond donors (Lipinski definition) is 2. The third kappa shape index (κ3) is 4.03. The molecule has 0 aromatic heterocycles. The lowest BCUT2D eigenvalue weighted by atomic mass is 10.1. The maximum atomic E-state index is 8.87. The molecule has 0 atom stereocenters. The van der Waals surface area contributed by atoms with E-state index in [1.165, 1.54) is 0 Å². The van der Waals surface area contributed by atoms with Crippen LogP contribution in [0.1, 0.15) is 6.42 Å². The van der Waals surface area contributed by atoms with Crippen molar-refractivity contribution >= 4 is 8.80 Å². The van der Waals surface area contributed by atoms with Gasteiger partial charge < -0.3 is 23.5 Å². The van der Waals surface area contributed by atoms with E-state index in [0.717, 1.165) is 0 Å². The number of aliphatic hydroxyl groups is 2. The van der Waals surface area contributed by atoms with Crippen molar-refractivity contribution in [2.24, 2.45) is 5.92 Å². The van der Waals surface area contributed by atoms with Gasteiger partial charge in [-0.05, 0) is 6.42 Å². The molecule has 0 aliphatic heterocycles. The topological polar surface area (TPSA) is 68.2 Å². The lowest BCUT2D eigenvalue weighted by molar-refractivity contribution is 0.110. The molecule has 0 aromatic rings. The van der Waals surface area contributed by atoms with Crippen molar-refractivity contribution in [2.45, 2.75) is 12.5 Å². The van der Waals surface area contributed by atoms with Crippen molar-refractivity contribution in [1.29, 1.82) is 0 Å². The Kier molecular flexibility index (Phi) is 7.34. The van der Waals surface area contributed by atoms with Crippen LogP contribution < -0.4 is 0 Å². The highest BCUT2D eigenvalue weighted by atomic mass is 28.4. The third-order valence-corrected chi connectivity index (χ3v) is 5.08. The Morgan fingerprint density at radius 1 is 1.00 bits per heavy atom. The van der Waals surface area contributed by atoms with Gasteiger partial charge in [0.05, 0.1) is 0 Å². The molecule has 0 fully saturated rings. The molecule has 2 N–H and O–H groups in total. The Labute approximate surface area is 86.0 Å². The Hall–Kier alpha value is 0.0169. The zero-order chi connectivity index (χ0) is 11.0. The van der Waals surface area contributed by atoms with Crippen LogP contribution in [-0.4, -0.2) is 53.6 Å². The Bertz CT molecular complexity index is 127. The molecule has 0 saturated carbocycles. The van der Waals surface area contributed by atoms with Crippen molar-refractivity contribution in [2.75, 3.05) is 34.5 Å². The van der Waals surface area contributed by atoms with Gasteiger partial charge in [-0.3, -0.25) is 0 Å². The molecule has 0 aromatic carbocycles. The summed E-state index contributed by atoms with van der Waals surface area (Å²) in [6, 6.07) is 0.599. The van der Waals surface area contributed by atoms with E-state index in [9.17, 15) is 0 Å². The fraction of sp³-hybridized carbons (Fsp3) is 1.00. The minimum Gasteiger partial charge on any atom is -0.396 e. The van der Waals surface area contributed by atoms with Gasteiger partial charge in [0.25, 0.3) is 0 Å². The maximum Gasteiger partial charge on any atom is 0.500 e. The summed E-state index contributed by atoms with van der Waals surface area (Å²) in [4.78, 5) is 0. The second-order valence-corrected chi connectivity index (χ2v) is 6.16. The normalized spacial score (nSPS) is 12.4. The summed E-state index contributed by atoms with van der Waals surface area (Å²) in [6.07, 6.45) is 0.634. The summed E-state index contributed by atoms with van der Waals surface area (Å²) < 4.78 is 15.6. The molecule has 0 spiro atoms. The largest absolute Gasteiger partial charge is 0.500 e. The van der Waals surface area contributed by atoms with Gasteiger partial charge >= 0.3 is 8.80 Å². The first-order chi connectivity index (χ1) is 6.67. The highest BCUT2D eigenvalue weighted by Gasteiger charge is 2.37. The SMILES string of the molecule is CO[Si](CCC(CO)CO)(OC)OC. The van der Waals surface area contributed by atoms with Crippen molar-refractivity contribution < 1.29 is 23.5 Å². The monoisotopic (exact) mass is 224 g/mol. The van der Waals surface area contributed by atoms with Crippen LogP contribution in [0.25, 0.3) is 0 Å². The molecule has 0 saturated heterocycles. The molecule has 5 nitrogen and oxygen atoms in total. The summed E-state index contributed by atoms with van der Waals surface area (Å²) in [6.45, 7) is -0.0593. The fourth-order valence-electron chi connectivity index (χ4n) is 1.18. The van der Waals surface area contributed by atoms with Crippen LogP contribution in [0.4, 0.5) is 0 Å². The molecule has 0 aliphatic rings. The van der Waals surface area contributed by atoms with E-state index in [1.807, 2.05) is 0 Å². The standard InChI is InChI=1S/C8H20O5Si/c1-11-14(12-2,13-3)5-4-8(6-9)7-10/h8-10H,4-7H2,1-3H3. The molecule has 0 radical (unpaired) electrons. The molecular formula is C8H20O5Si. The summed E-state index contributed by atoms with van der Waals surface area (Å²) in [7, 11) is 2.11. The van der Waals surface area contributed by atoms with Crippen LogP contribution in [0.15, 0.2) is 0 Å². The van der Waals surface area contributed by atoms with Crippen molar-refractivity contribution in [3.63, 3.8) is 0 Å². The van der Waals surface area contributed by atoms with Crippen molar-refractivity contribution in [3.8, 4) is 0 Å². The smallest absolute Gasteiger partial charge is 0.396 e. The summed E-state index contributed by atoms with van der Waals surface area (Å²) in [5.74, 6) is -0.123. The van der Waals surface area contributed by atoms with Crippen molar-refractivity contribution in [3.05, 3.63) is 0 Å². The van der Waals surface area contributed by atoms with Gasteiger partial charge in [-0.2, -0.15) is 0 Å². The number of aliphatic hydroxyl groups excluding tert-OH is 2. The zero-order valence-corrected chi connectivity index (χ0v) is 10.0. The average Bonchev–Trinajstić information content (AvgIpc) is 2.26. The van der Waals surface area contributed by atoms with Gasteiger partial charge in [0.15, 0.2) is 0 Å². The quantitative estimate of drug-likeness (QED) is 0.561. The first-order valence-corrected chi connectivity index (χ1v) is 6.48. The highest BCUT2D eigenvalue weighted by molar-refractivity contribution is 6.60. The first-order valence-electron chi connectivity index (χ1n) is 4.55. The summed E-state index contributed by atoms with van der Waals surface area (Å²) >= 11 is 0. The van der Waals surface area contributed by atoms with E-state index in [4.69, 9.17) is 23.5 Å². The Morgan fingerprint density at radius 3 is 1.71 bits per heavy atom. The molecule has 86 valence electrons. The van der Waals surface area contributed by atoms with E-state index < -0.39 is 8.80 Å². The predicted molar refractivity (Wildman–Crippen MR) is 53.9 cm³/mol. The highest BCUT2D eigenvalue weighted by Crippen LogP contribution is 2.18. The zero-order valence-electron chi connectivity index (χ0n) is 9.02. The van der Waals surface area contributed by atoms with E-state index >= 15 is 0 Å². The number of rotatable bonds is 8. The molecule has 0 unspecified atom stereocenters. The fourth-order valence-corrected chi connectivity index (χ4v) is 3.05. The summed E-state index contributed by atoms with van der Waals surface area (Å²) in [5, 5.41) is 17.7. The average molecular weight is 224 g/mol. The van der Waals surface area contributed by atoms with Crippen LogP contribution in [0.5, 0.6) is 0 Å². The number of hydrogen-bond acceptors (Lipinski definition) is 5. The van der Waals surface area contributed by atoms with Crippen molar-refractivity contribution in [1.82, 2.24) is 0 Å². The molecule has 0 amide bonds. The van der Waals surface area contributed by atoms with E-state index in [0.29, 0.717) is 12.5 Å². The van der Waals surface area contributed by atoms with E-state index in [-0.39, 0.29) is 19.1 Å². The second-order valence-electron chi connectivity index (χ2n) is 3.07. The Morgan fingerprint density at radius 2 is 1.43 bits per heavy atom. The molecular weight excluding hydrogens is 204 g/mol. The third-order valence-electron chi connectivity index (χ3n) is 2.31. The maximum absolute atomic E-state index is 8.87. The molecule has 0 rings (SSSR count). The van der Waals surface area contributed by atoms with E-state index in [1.54, 1.807) is 21.3 Å². The lowest BCUT2D eigenvalue weighted by Crippen LogP contribution is -2.43. The molecule has 0 heterocycles. The second kappa shape index (κ2) is 7.33. The first kappa shape index (κ1) is 14.0. The van der Waals surface area contributed by atoms with Gasteiger partial charge in [0.2, 0.25) is 0 Å². The Balaban J connectivity index is 4.04. The van der Waals surface area contributed by atoms with Crippen LogP contribution in [0.2, 0.25) is 6.04 Å². The van der Waals surface area contributed by atoms with Gasteiger partial charge in [-0.15, -0.1) is 0 Å². The summed E-state index contributed by atoms with van der Waals surface area (Å²) in [5.41, 5.74) is 0. The molecule has 14 heavy (non-hydrogen) atoms. The lowest BCUT2D eigenvalue weighted by Gasteiger charge is -2.25. The van der Waals surface area contributed by atoms with E-state index in [2.05, 4.69) is 0 Å². The molecule has 0 aliphatic carbocycles. The van der Waals surface area contributed by atoms with Crippen LogP contribution in [0.3, 0.4) is 0 Å². The minimum atomic E-state index is -2.53. The van der Waals surface area contributed by atoms with Gasteiger partial charge in [0, 0.05) is 46.5 Å². The van der Waals surface area contributed by atoms with Crippen LogP contribution in [-0.2, 0) is 13.3 Å². The molecule has 0 bridgehead atoms. The minimum absolute atomic E-state index is 0.0296. The molecule has 6 heteroatoms. The van der Waals surface area contributed by atoms with Gasteiger partial charge in [-0.1, -0.05) is 0 Å². The van der Waals surface area contributed by atoms with Gasteiger partial charge in [0.1, 0.15) is 0 Å².